The lowest BCUT2D eigenvalue weighted by atomic mass is 10.1. The number of carbonyl (C=O) groups excluding carboxylic acids is 3. The topological polar surface area (TPSA) is 174 Å². The van der Waals surface area contributed by atoms with Crippen molar-refractivity contribution in [2.24, 2.45) is 0 Å². The molecule has 4 aromatic heterocycles. The predicted molar refractivity (Wildman–Crippen MR) is 161 cm³/mol. The lowest BCUT2D eigenvalue weighted by molar-refractivity contribution is -0.119. The van der Waals surface area contributed by atoms with Crippen LogP contribution in [-0.4, -0.2) is 65.7 Å². The number of halogens is 1. The second kappa shape index (κ2) is 12.6. The Morgan fingerprint density at radius 3 is 1.88 bits per heavy atom. The summed E-state index contributed by atoms with van der Waals surface area (Å²) in [7, 11) is 0. The van der Waals surface area contributed by atoms with Crippen LogP contribution in [0.4, 0.5) is 25.8 Å². The van der Waals surface area contributed by atoms with Gasteiger partial charge in [-0.25, -0.2) is 34.5 Å². The van der Waals surface area contributed by atoms with E-state index in [0.717, 1.165) is 12.8 Å². The molecule has 4 aromatic rings. The normalized spacial score (nSPS) is 13.9. The summed E-state index contributed by atoms with van der Waals surface area (Å²) < 4.78 is 10.3. The number of fused-ring (bicyclic) bond motifs is 2. The highest BCUT2D eigenvalue weighted by molar-refractivity contribution is 7.22. The van der Waals surface area contributed by atoms with Gasteiger partial charge in [0.25, 0.3) is 0 Å². The molecular weight excluding hydrogens is 606 g/mol. The standard InChI is InChI=1S/C15H19N5O3S.C10H11ClN4O2S/c1-15(2,3)23-14(22)19-13-17-9-8-16-12(18-11(9)24-13)20-7-5-4-6-10(20)21;1-10(2,3)17-9(16)15-8-13-5-4-12-7(11)14-6(5)18-8/h8H,4-7H2,1-3H3,(H,17,19,22);4H,1-3H3,(H,13,15,16). The molecule has 42 heavy (non-hydrogen) atoms. The van der Waals surface area contributed by atoms with Gasteiger partial charge in [0.05, 0.1) is 12.4 Å². The highest BCUT2D eigenvalue weighted by atomic mass is 35.5. The molecule has 2 N–H and O–H groups in total. The summed E-state index contributed by atoms with van der Waals surface area (Å²) in [6.07, 6.45) is 4.32. The van der Waals surface area contributed by atoms with E-state index in [1.54, 1.807) is 52.6 Å². The largest absolute Gasteiger partial charge is 0.444 e. The maximum absolute atomic E-state index is 12.0. The molecule has 0 aliphatic carbocycles. The lowest BCUT2D eigenvalue weighted by Crippen LogP contribution is -2.36. The number of nitrogens with zero attached hydrogens (tertiary/aromatic N) is 7. The Labute approximate surface area is 254 Å². The molecule has 3 amide bonds. The Morgan fingerprint density at radius 1 is 0.833 bits per heavy atom. The summed E-state index contributed by atoms with van der Waals surface area (Å²) in [6.45, 7) is 11.4. The molecular formula is C25H30ClN9O5S2. The summed E-state index contributed by atoms with van der Waals surface area (Å²) in [5, 5.41) is 6.07. The molecule has 1 aliphatic heterocycles. The molecule has 5 heterocycles. The molecule has 0 aromatic carbocycles. The zero-order chi connectivity index (χ0) is 30.7. The Hall–Kier alpha value is -3.76. The van der Waals surface area contributed by atoms with Crippen molar-refractivity contribution in [3.63, 3.8) is 0 Å². The average molecular weight is 636 g/mol. The minimum atomic E-state index is -0.581. The molecule has 224 valence electrons. The van der Waals surface area contributed by atoms with Crippen molar-refractivity contribution in [3.8, 4) is 0 Å². The van der Waals surface area contributed by atoms with E-state index in [-0.39, 0.29) is 11.2 Å². The van der Waals surface area contributed by atoms with Gasteiger partial charge in [-0.15, -0.1) is 0 Å². The molecule has 0 bridgehead atoms. The number of anilines is 3. The van der Waals surface area contributed by atoms with Gasteiger partial charge in [-0.3, -0.25) is 20.3 Å². The molecule has 1 fully saturated rings. The van der Waals surface area contributed by atoms with Gasteiger partial charge in [-0.05, 0) is 66.0 Å². The number of piperidine rings is 1. The van der Waals surface area contributed by atoms with E-state index in [4.69, 9.17) is 21.1 Å². The quantitative estimate of drug-likeness (QED) is 0.251. The number of carbonyl (C=O) groups is 3. The Bertz CT molecular complexity index is 1610. The van der Waals surface area contributed by atoms with Crippen molar-refractivity contribution < 1.29 is 23.9 Å². The summed E-state index contributed by atoms with van der Waals surface area (Å²) in [6, 6.07) is 0. The molecule has 0 unspecified atom stereocenters. The SMILES string of the molecule is CC(C)(C)OC(=O)Nc1nc2cnc(Cl)nc2s1.CC(C)(C)OC(=O)Nc1nc2cnc(N3CCCCC3=O)nc2s1. The van der Waals surface area contributed by atoms with Crippen LogP contribution in [0.3, 0.4) is 0 Å². The van der Waals surface area contributed by atoms with Gasteiger partial charge >= 0.3 is 12.2 Å². The molecule has 14 nitrogen and oxygen atoms in total. The fourth-order valence-electron chi connectivity index (χ4n) is 3.48. The van der Waals surface area contributed by atoms with Crippen molar-refractivity contribution in [2.45, 2.75) is 72.0 Å². The van der Waals surface area contributed by atoms with Crippen LogP contribution in [0.25, 0.3) is 20.7 Å². The Morgan fingerprint density at radius 2 is 1.36 bits per heavy atom. The van der Waals surface area contributed by atoms with Gasteiger partial charge in [0.2, 0.25) is 17.1 Å². The first kappa shape index (κ1) is 31.2. The molecule has 17 heteroatoms. The lowest BCUT2D eigenvalue weighted by Gasteiger charge is -2.24. The molecule has 0 radical (unpaired) electrons. The number of ether oxygens (including phenoxy) is 2. The number of thiazole rings is 2. The maximum Gasteiger partial charge on any atom is 0.413 e. The third-order valence-electron chi connectivity index (χ3n) is 5.04. The molecule has 0 atom stereocenters. The van der Waals surface area contributed by atoms with Gasteiger partial charge in [0.1, 0.15) is 27.1 Å². The number of hydrogen-bond donors (Lipinski definition) is 2. The fourth-order valence-corrected chi connectivity index (χ4v) is 5.25. The van der Waals surface area contributed by atoms with E-state index in [0.29, 0.717) is 49.9 Å². The molecule has 1 aliphatic rings. The molecule has 0 spiro atoms. The molecule has 0 saturated carbocycles. The van der Waals surface area contributed by atoms with E-state index in [2.05, 4.69) is 40.5 Å². The second-order valence-electron chi connectivity index (χ2n) is 11.0. The van der Waals surface area contributed by atoms with E-state index < -0.39 is 23.4 Å². The van der Waals surface area contributed by atoms with Crippen LogP contribution in [0.1, 0.15) is 60.8 Å². The number of rotatable bonds is 3. The van der Waals surface area contributed by atoms with Gasteiger partial charge in [-0.2, -0.15) is 4.98 Å². The third-order valence-corrected chi connectivity index (χ3v) is 6.98. The van der Waals surface area contributed by atoms with Gasteiger partial charge < -0.3 is 9.47 Å². The van der Waals surface area contributed by atoms with Crippen molar-refractivity contribution in [1.29, 1.82) is 0 Å². The zero-order valence-electron chi connectivity index (χ0n) is 23.8. The van der Waals surface area contributed by atoms with E-state index >= 15 is 0 Å². The van der Waals surface area contributed by atoms with Crippen LogP contribution < -0.4 is 15.5 Å². The van der Waals surface area contributed by atoms with E-state index in [1.165, 1.54) is 28.9 Å². The highest BCUT2D eigenvalue weighted by Crippen LogP contribution is 2.27. The first-order valence-electron chi connectivity index (χ1n) is 12.9. The Balaban J connectivity index is 0.000000201. The average Bonchev–Trinajstić information content (AvgIpc) is 3.43. The van der Waals surface area contributed by atoms with Crippen LogP contribution in [0, 0.1) is 0 Å². The summed E-state index contributed by atoms with van der Waals surface area (Å²) in [5.74, 6) is 0.428. The zero-order valence-corrected chi connectivity index (χ0v) is 26.2. The number of nitrogens with one attached hydrogen (secondary N) is 2. The first-order chi connectivity index (χ1) is 19.6. The highest BCUT2D eigenvalue weighted by Gasteiger charge is 2.23. The smallest absolute Gasteiger partial charge is 0.413 e. The monoisotopic (exact) mass is 635 g/mol. The van der Waals surface area contributed by atoms with Gasteiger partial charge in [0.15, 0.2) is 15.1 Å². The summed E-state index contributed by atoms with van der Waals surface area (Å²) in [4.78, 5) is 63.0. The number of aromatic nitrogens is 6. The van der Waals surface area contributed by atoms with E-state index in [1.807, 2.05) is 0 Å². The van der Waals surface area contributed by atoms with Crippen molar-refractivity contribution >= 4 is 89.3 Å². The number of amides is 3. The summed E-state index contributed by atoms with van der Waals surface area (Å²) >= 11 is 8.09. The van der Waals surface area contributed by atoms with Crippen LogP contribution in [0.2, 0.25) is 5.28 Å². The summed E-state index contributed by atoms with van der Waals surface area (Å²) in [5.41, 5.74) is 0.0152. The second-order valence-corrected chi connectivity index (χ2v) is 13.3. The fraction of sp³-hybridized carbons (Fsp3) is 0.480. The predicted octanol–water partition coefficient (Wildman–Crippen LogP) is 6.04. The van der Waals surface area contributed by atoms with Crippen LogP contribution in [0.15, 0.2) is 12.4 Å². The minimum absolute atomic E-state index is 0.0391. The Kier molecular flexibility index (Phi) is 9.37. The van der Waals surface area contributed by atoms with Crippen LogP contribution in [-0.2, 0) is 14.3 Å². The van der Waals surface area contributed by atoms with Gasteiger partial charge in [-0.1, -0.05) is 22.7 Å². The van der Waals surface area contributed by atoms with Gasteiger partial charge in [0, 0.05) is 13.0 Å². The third kappa shape index (κ3) is 8.87. The number of hydrogen-bond acceptors (Lipinski definition) is 13. The minimum Gasteiger partial charge on any atom is -0.444 e. The maximum atomic E-state index is 12.0. The molecule has 1 saturated heterocycles. The first-order valence-corrected chi connectivity index (χ1v) is 14.9. The molecule has 5 rings (SSSR count). The van der Waals surface area contributed by atoms with Crippen molar-refractivity contribution in [1.82, 2.24) is 29.9 Å². The van der Waals surface area contributed by atoms with Crippen molar-refractivity contribution in [2.75, 3.05) is 22.1 Å². The van der Waals surface area contributed by atoms with Crippen molar-refractivity contribution in [3.05, 3.63) is 17.7 Å². The van der Waals surface area contributed by atoms with E-state index in [9.17, 15) is 14.4 Å². The van der Waals surface area contributed by atoms with Crippen LogP contribution >= 0.6 is 34.3 Å². The van der Waals surface area contributed by atoms with Crippen LogP contribution in [0.5, 0.6) is 0 Å².